The Morgan fingerprint density at radius 2 is 2.03 bits per heavy atom. The zero-order chi connectivity index (χ0) is 21.0. The van der Waals surface area contributed by atoms with Gasteiger partial charge in [0, 0.05) is 32.1 Å². The molecule has 2 heterocycles. The SMILES string of the molecule is C=C1NC(=O)CCC1N1C(=C)N(C)c2cc(CNC(=O)CCCCCC)ccc21. The van der Waals surface area contributed by atoms with Crippen LogP contribution in [-0.2, 0) is 16.1 Å². The summed E-state index contributed by atoms with van der Waals surface area (Å²) in [6, 6.07) is 6.20. The van der Waals surface area contributed by atoms with E-state index in [0.717, 1.165) is 35.6 Å². The topological polar surface area (TPSA) is 64.7 Å². The Morgan fingerprint density at radius 1 is 1.24 bits per heavy atom. The lowest BCUT2D eigenvalue weighted by Gasteiger charge is -2.35. The van der Waals surface area contributed by atoms with E-state index in [0.29, 0.717) is 31.5 Å². The molecule has 1 atom stereocenters. The van der Waals surface area contributed by atoms with Gasteiger partial charge in [-0.25, -0.2) is 0 Å². The van der Waals surface area contributed by atoms with E-state index in [9.17, 15) is 9.59 Å². The highest BCUT2D eigenvalue weighted by molar-refractivity contribution is 5.85. The quantitative estimate of drug-likeness (QED) is 0.656. The van der Waals surface area contributed by atoms with E-state index in [-0.39, 0.29) is 17.9 Å². The lowest BCUT2D eigenvalue weighted by atomic mass is 10.0. The number of rotatable bonds is 8. The van der Waals surface area contributed by atoms with Crippen LogP contribution in [0.3, 0.4) is 0 Å². The van der Waals surface area contributed by atoms with Crippen LogP contribution in [0.2, 0.25) is 0 Å². The number of hydrogen-bond donors (Lipinski definition) is 2. The van der Waals surface area contributed by atoms with Crippen LogP contribution in [0.4, 0.5) is 11.4 Å². The molecular weight excluding hydrogens is 364 g/mol. The molecule has 1 aromatic rings. The summed E-state index contributed by atoms with van der Waals surface area (Å²) in [5, 5.41) is 5.88. The van der Waals surface area contributed by atoms with Crippen molar-refractivity contribution in [2.24, 2.45) is 0 Å². The minimum atomic E-state index is -0.00225. The summed E-state index contributed by atoms with van der Waals surface area (Å²) in [6.45, 7) is 11.0. The highest BCUT2D eigenvalue weighted by atomic mass is 16.2. The zero-order valence-corrected chi connectivity index (χ0v) is 17.6. The smallest absolute Gasteiger partial charge is 0.224 e. The van der Waals surface area contributed by atoms with Gasteiger partial charge in [0.15, 0.2) is 0 Å². The summed E-state index contributed by atoms with van der Waals surface area (Å²) in [5.41, 5.74) is 3.87. The monoisotopic (exact) mass is 396 g/mol. The number of benzene rings is 1. The molecule has 0 aromatic heterocycles. The van der Waals surface area contributed by atoms with Gasteiger partial charge in [0.25, 0.3) is 0 Å². The van der Waals surface area contributed by atoms with E-state index in [2.05, 4.69) is 52.6 Å². The molecule has 1 unspecified atom stereocenters. The van der Waals surface area contributed by atoms with E-state index in [1.807, 2.05) is 13.1 Å². The van der Waals surface area contributed by atoms with Crippen molar-refractivity contribution < 1.29 is 9.59 Å². The maximum absolute atomic E-state index is 12.1. The fourth-order valence-corrected chi connectivity index (χ4v) is 3.99. The van der Waals surface area contributed by atoms with Crippen molar-refractivity contribution in [3.8, 4) is 0 Å². The second-order valence-corrected chi connectivity index (χ2v) is 7.88. The molecule has 0 radical (unpaired) electrons. The van der Waals surface area contributed by atoms with Gasteiger partial charge >= 0.3 is 0 Å². The zero-order valence-electron chi connectivity index (χ0n) is 17.6. The first kappa shape index (κ1) is 21.0. The van der Waals surface area contributed by atoms with Crippen LogP contribution in [0.1, 0.15) is 57.4 Å². The molecule has 2 amide bonds. The molecular formula is C23H32N4O2. The van der Waals surface area contributed by atoms with Crippen molar-refractivity contribution >= 4 is 23.2 Å². The van der Waals surface area contributed by atoms with E-state index in [4.69, 9.17) is 0 Å². The minimum Gasteiger partial charge on any atom is -0.352 e. The molecule has 0 bridgehead atoms. The Labute approximate surface area is 173 Å². The number of nitrogens with one attached hydrogen (secondary N) is 2. The van der Waals surface area contributed by atoms with E-state index in [1.165, 1.54) is 12.8 Å². The van der Waals surface area contributed by atoms with Crippen LogP contribution < -0.4 is 20.4 Å². The van der Waals surface area contributed by atoms with Gasteiger partial charge in [0.1, 0.15) is 5.82 Å². The van der Waals surface area contributed by atoms with Crippen LogP contribution in [-0.4, -0.2) is 24.9 Å². The van der Waals surface area contributed by atoms with Crippen molar-refractivity contribution in [2.75, 3.05) is 16.8 Å². The Bertz CT molecular complexity index is 817. The molecule has 2 aliphatic rings. The normalized spacial score (nSPS) is 18.7. The van der Waals surface area contributed by atoms with Gasteiger partial charge in [0.2, 0.25) is 11.8 Å². The van der Waals surface area contributed by atoms with Crippen molar-refractivity contribution in [3.05, 3.63) is 48.4 Å². The molecule has 1 fully saturated rings. The highest BCUT2D eigenvalue weighted by Gasteiger charge is 2.36. The fourth-order valence-electron chi connectivity index (χ4n) is 3.99. The van der Waals surface area contributed by atoms with Crippen molar-refractivity contribution in [1.82, 2.24) is 10.6 Å². The van der Waals surface area contributed by atoms with E-state index >= 15 is 0 Å². The lowest BCUT2D eigenvalue weighted by molar-refractivity contribution is -0.122. The summed E-state index contributed by atoms with van der Waals surface area (Å²) in [6.07, 6.45) is 6.20. The van der Waals surface area contributed by atoms with Gasteiger partial charge in [-0.15, -0.1) is 0 Å². The predicted octanol–water partition coefficient (Wildman–Crippen LogP) is 3.79. The average Bonchev–Trinajstić information content (AvgIpc) is 2.94. The molecule has 0 spiro atoms. The Balaban J connectivity index is 1.66. The van der Waals surface area contributed by atoms with Crippen molar-refractivity contribution in [3.63, 3.8) is 0 Å². The molecule has 1 aromatic carbocycles. The molecule has 6 nitrogen and oxygen atoms in total. The first-order valence-electron chi connectivity index (χ1n) is 10.5. The molecule has 3 rings (SSSR count). The second kappa shape index (κ2) is 9.16. The van der Waals surface area contributed by atoms with Gasteiger partial charge in [0.05, 0.1) is 17.4 Å². The Morgan fingerprint density at radius 3 is 2.76 bits per heavy atom. The minimum absolute atomic E-state index is 0.00225. The molecule has 0 saturated carbocycles. The molecule has 1 saturated heterocycles. The van der Waals surface area contributed by atoms with Crippen LogP contribution >= 0.6 is 0 Å². The van der Waals surface area contributed by atoms with Crippen LogP contribution in [0.5, 0.6) is 0 Å². The third-order valence-electron chi connectivity index (χ3n) is 5.73. The number of piperidine rings is 1. The molecule has 156 valence electrons. The number of hydrogen-bond acceptors (Lipinski definition) is 4. The summed E-state index contributed by atoms with van der Waals surface area (Å²) < 4.78 is 0. The fraction of sp³-hybridized carbons (Fsp3) is 0.478. The second-order valence-electron chi connectivity index (χ2n) is 7.88. The molecule has 6 heteroatoms. The largest absolute Gasteiger partial charge is 0.352 e. The average molecular weight is 397 g/mol. The summed E-state index contributed by atoms with van der Waals surface area (Å²) in [5.74, 6) is 0.986. The maximum Gasteiger partial charge on any atom is 0.224 e. The van der Waals surface area contributed by atoms with Crippen LogP contribution in [0.25, 0.3) is 0 Å². The molecule has 2 aliphatic heterocycles. The number of carbonyl (C=O) groups excluding carboxylic acids is 2. The van der Waals surface area contributed by atoms with Crippen molar-refractivity contribution in [1.29, 1.82) is 0 Å². The van der Waals surface area contributed by atoms with Gasteiger partial charge in [-0.2, -0.15) is 0 Å². The van der Waals surface area contributed by atoms with Gasteiger partial charge < -0.3 is 20.4 Å². The molecule has 0 aliphatic carbocycles. The number of carbonyl (C=O) groups is 2. The first-order valence-corrected chi connectivity index (χ1v) is 10.5. The maximum atomic E-state index is 12.1. The Hall–Kier alpha value is -2.76. The Kier molecular flexibility index (Phi) is 6.62. The first-order chi connectivity index (χ1) is 13.9. The van der Waals surface area contributed by atoms with Gasteiger partial charge in [-0.05, 0) is 30.5 Å². The molecule has 2 N–H and O–H groups in total. The van der Waals surface area contributed by atoms with Crippen LogP contribution in [0, 0.1) is 0 Å². The third-order valence-corrected chi connectivity index (χ3v) is 5.73. The van der Waals surface area contributed by atoms with Gasteiger partial charge in [-0.1, -0.05) is 45.4 Å². The van der Waals surface area contributed by atoms with Crippen molar-refractivity contribution in [2.45, 2.75) is 64.5 Å². The number of amides is 2. The standard InChI is InChI=1S/C23H32N4O2/c1-5-6-7-8-9-22(28)24-15-18-10-11-20-21(14-18)26(4)17(3)27(20)19-12-13-23(29)25-16(19)2/h10-11,14,19H,2-3,5-9,12-13,15H2,1,4H3,(H,24,28)(H,25,29). The van der Waals surface area contributed by atoms with E-state index in [1.54, 1.807) is 0 Å². The summed E-state index contributed by atoms with van der Waals surface area (Å²) in [7, 11) is 1.99. The highest BCUT2D eigenvalue weighted by Crippen LogP contribution is 2.43. The summed E-state index contributed by atoms with van der Waals surface area (Å²) in [4.78, 5) is 27.9. The van der Waals surface area contributed by atoms with Crippen LogP contribution in [0.15, 0.2) is 42.9 Å². The third kappa shape index (κ3) is 4.63. The number of nitrogens with zero attached hydrogens (tertiary/aromatic N) is 2. The lowest BCUT2D eigenvalue weighted by Crippen LogP contribution is -2.45. The molecule has 29 heavy (non-hydrogen) atoms. The predicted molar refractivity (Wildman–Crippen MR) is 117 cm³/mol. The van der Waals surface area contributed by atoms with E-state index < -0.39 is 0 Å². The van der Waals surface area contributed by atoms with Gasteiger partial charge in [-0.3, -0.25) is 9.59 Å². The number of fused-ring (bicyclic) bond motifs is 1. The summed E-state index contributed by atoms with van der Waals surface area (Å²) >= 11 is 0. The number of unbranched alkanes of at least 4 members (excludes halogenated alkanes) is 3. The number of anilines is 2.